The first-order valence-corrected chi connectivity index (χ1v) is 12.0. The number of ether oxygens (including phenoxy) is 6. The summed E-state index contributed by atoms with van der Waals surface area (Å²) < 4.78 is 33.4. The molecule has 14 nitrogen and oxygen atoms in total. The molecule has 3 rings (SSSR count). The number of aromatic amines is 1. The van der Waals surface area contributed by atoms with E-state index in [1.54, 1.807) is 24.3 Å². The molecule has 0 bridgehead atoms. The summed E-state index contributed by atoms with van der Waals surface area (Å²) in [6.07, 6.45) is -6.90. The van der Waals surface area contributed by atoms with Crippen molar-refractivity contribution in [1.82, 2.24) is 14.8 Å². The number of H-pyrrole nitrogens is 1. The number of benzene rings is 1. The second kappa shape index (κ2) is 12.6. The van der Waals surface area contributed by atoms with Crippen LogP contribution in [0.3, 0.4) is 0 Å². The molecule has 5 atom stereocenters. The Bertz CT molecular complexity index is 1350. The van der Waals surface area contributed by atoms with Crippen LogP contribution in [0.4, 0.5) is 0 Å². The van der Waals surface area contributed by atoms with E-state index in [-0.39, 0.29) is 10.5 Å². The molecule has 1 saturated heterocycles. The summed E-state index contributed by atoms with van der Waals surface area (Å²) in [6, 6.07) is 6.43. The minimum Gasteiger partial charge on any atom is -0.497 e. The van der Waals surface area contributed by atoms with Crippen LogP contribution in [0.2, 0.25) is 0 Å². The fraction of sp³-hybridized carbons (Fsp3) is 0.458. The van der Waals surface area contributed by atoms with Crippen molar-refractivity contribution in [2.24, 2.45) is 0 Å². The van der Waals surface area contributed by atoms with E-state index >= 15 is 0 Å². The summed E-state index contributed by atoms with van der Waals surface area (Å²) in [5.41, 5.74) is -0.294. The first kappa shape index (κ1) is 29.4. The van der Waals surface area contributed by atoms with E-state index in [0.717, 1.165) is 32.4 Å². The van der Waals surface area contributed by atoms with E-state index in [4.69, 9.17) is 40.6 Å². The van der Waals surface area contributed by atoms with Gasteiger partial charge in [0.1, 0.15) is 18.5 Å². The standard InChI is InChI=1S/C24H27N3O11S/c1-11(28)34-10-17-19(35-12(2)29)20(36-13(3)30)21(37-14(4)31)23(38-17)27-24(39)25-22(32)18(26-27)15-6-8-16(33-5)9-7-15/h6-9,17,19-21,23H,10H2,1-5H3,(H,25,32,39)/t17-,19-,20+,21-,23-/m1/s1. The number of esters is 4. The molecule has 1 aliphatic heterocycles. The largest absolute Gasteiger partial charge is 0.497 e. The van der Waals surface area contributed by atoms with Crippen molar-refractivity contribution in [2.75, 3.05) is 13.7 Å². The van der Waals surface area contributed by atoms with E-state index in [1.165, 1.54) is 7.11 Å². The van der Waals surface area contributed by atoms with E-state index in [0.29, 0.717) is 11.3 Å². The van der Waals surface area contributed by atoms with Gasteiger partial charge in [-0.05, 0) is 36.5 Å². The number of aromatic nitrogens is 3. The molecule has 39 heavy (non-hydrogen) atoms. The topological polar surface area (TPSA) is 174 Å². The Labute approximate surface area is 227 Å². The number of hydrogen-bond donors (Lipinski definition) is 1. The number of nitrogens with one attached hydrogen (secondary N) is 1. The van der Waals surface area contributed by atoms with E-state index < -0.39 is 66.7 Å². The van der Waals surface area contributed by atoms with Crippen LogP contribution in [-0.4, -0.2) is 76.8 Å². The Balaban J connectivity index is 2.19. The lowest BCUT2D eigenvalue weighted by Crippen LogP contribution is -2.61. The first-order valence-electron chi connectivity index (χ1n) is 11.6. The molecular formula is C24H27N3O11S. The van der Waals surface area contributed by atoms with Crippen molar-refractivity contribution >= 4 is 36.1 Å². The quantitative estimate of drug-likeness (QED) is 0.275. The van der Waals surface area contributed by atoms with E-state index in [2.05, 4.69) is 10.1 Å². The van der Waals surface area contributed by atoms with Gasteiger partial charge < -0.3 is 28.4 Å². The van der Waals surface area contributed by atoms with Crippen molar-refractivity contribution < 1.29 is 47.6 Å². The van der Waals surface area contributed by atoms with E-state index in [9.17, 15) is 24.0 Å². The maximum Gasteiger partial charge on any atom is 0.303 e. The number of carbonyl (C=O) groups excluding carboxylic acids is 4. The lowest BCUT2D eigenvalue weighted by Gasteiger charge is -2.44. The second-order valence-corrected chi connectivity index (χ2v) is 8.76. The molecule has 0 unspecified atom stereocenters. The molecule has 2 heterocycles. The molecule has 1 aromatic heterocycles. The van der Waals surface area contributed by atoms with Gasteiger partial charge in [0, 0.05) is 33.3 Å². The molecule has 0 saturated carbocycles. The fourth-order valence-corrected chi connectivity index (χ4v) is 4.16. The van der Waals surface area contributed by atoms with Gasteiger partial charge in [-0.25, -0.2) is 4.68 Å². The molecule has 0 amide bonds. The van der Waals surface area contributed by atoms with Crippen LogP contribution in [0, 0.1) is 4.77 Å². The third kappa shape index (κ3) is 7.26. The molecule has 1 aliphatic rings. The molecular weight excluding hydrogens is 538 g/mol. The van der Waals surface area contributed by atoms with Gasteiger partial charge in [0.25, 0.3) is 5.56 Å². The first-order chi connectivity index (χ1) is 18.4. The Morgan fingerprint density at radius 3 is 2.03 bits per heavy atom. The van der Waals surface area contributed by atoms with Crippen molar-refractivity contribution in [2.45, 2.75) is 58.3 Å². The third-order valence-corrected chi connectivity index (χ3v) is 5.71. The molecule has 1 fully saturated rings. The van der Waals surface area contributed by atoms with Crippen LogP contribution < -0.4 is 10.3 Å². The van der Waals surface area contributed by atoms with Crippen molar-refractivity contribution in [3.8, 4) is 17.0 Å². The molecule has 1 aromatic carbocycles. The Kier molecular flexibility index (Phi) is 9.53. The zero-order valence-electron chi connectivity index (χ0n) is 21.7. The number of hydrogen-bond acceptors (Lipinski definition) is 13. The van der Waals surface area contributed by atoms with Crippen molar-refractivity contribution in [1.29, 1.82) is 0 Å². The highest BCUT2D eigenvalue weighted by Crippen LogP contribution is 2.34. The molecule has 15 heteroatoms. The summed E-state index contributed by atoms with van der Waals surface area (Å²) in [5, 5.41) is 4.36. The predicted octanol–water partition coefficient (Wildman–Crippen LogP) is 1.23. The zero-order valence-corrected chi connectivity index (χ0v) is 22.5. The molecule has 0 spiro atoms. The summed E-state index contributed by atoms with van der Waals surface area (Å²) in [7, 11) is 1.49. The van der Waals surface area contributed by atoms with Crippen LogP contribution in [-0.2, 0) is 42.9 Å². The van der Waals surface area contributed by atoms with Crippen LogP contribution in [0.5, 0.6) is 5.75 Å². The zero-order chi connectivity index (χ0) is 28.9. The minimum absolute atomic E-state index is 0.0703. The SMILES string of the molecule is COc1ccc(-c2nn([C@@H]3O[C@H](COC(C)=O)[C@@H](OC(C)=O)[C@H](OC(C)=O)[C@H]3OC(C)=O)c(=S)[nH]c2=O)cc1. The van der Waals surface area contributed by atoms with Crippen LogP contribution in [0.15, 0.2) is 29.1 Å². The lowest BCUT2D eigenvalue weighted by molar-refractivity contribution is -0.271. The average molecular weight is 566 g/mol. The Morgan fingerprint density at radius 2 is 1.49 bits per heavy atom. The molecule has 2 aromatic rings. The summed E-state index contributed by atoms with van der Waals surface area (Å²) in [6.45, 7) is 4.05. The lowest BCUT2D eigenvalue weighted by atomic mass is 9.97. The molecule has 1 N–H and O–H groups in total. The van der Waals surface area contributed by atoms with Gasteiger partial charge in [-0.2, -0.15) is 5.10 Å². The maximum absolute atomic E-state index is 12.8. The van der Waals surface area contributed by atoms with Crippen LogP contribution >= 0.6 is 12.2 Å². The Morgan fingerprint density at radius 1 is 0.923 bits per heavy atom. The monoisotopic (exact) mass is 565 g/mol. The van der Waals surface area contributed by atoms with Gasteiger partial charge >= 0.3 is 23.9 Å². The smallest absolute Gasteiger partial charge is 0.303 e. The van der Waals surface area contributed by atoms with Gasteiger partial charge in [0.05, 0.1) is 7.11 Å². The normalized spacial score (nSPS) is 22.3. The summed E-state index contributed by atoms with van der Waals surface area (Å²) in [4.78, 5) is 62.9. The highest BCUT2D eigenvalue weighted by atomic mass is 32.1. The number of carbonyl (C=O) groups is 4. The van der Waals surface area contributed by atoms with Crippen LogP contribution in [0.25, 0.3) is 11.3 Å². The van der Waals surface area contributed by atoms with Gasteiger partial charge in [0.15, 0.2) is 35.0 Å². The third-order valence-electron chi connectivity index (χ3n) is 5.42. The number of methoxy groups -OCH3 is 1. The minimum atomic E-state index is -1.46. The summed E-state index contributed by atoms with van der Waals surface area (Å²) in [5.74, 6) is -2.48. The molecule has 210 valence electrons. The number of nitrogens with zero attached hydrogens (tertiary/aromatic N) is 2. The van der Waals surface area contributed by atoms with Crippen LogP contribution in [0.1, 0.15) is 33.9 Å². The van der Waals surface area contributed by atoms with Gasteiger partial charge in [-0.3, -0.25) is 29.0 Å². The van der Waals surface area contributed by atoms with Gasteiger partial charge in [-0.15, -0.1) is 0 Å². The number of rotatable bonds is 8. The highest BCUT2D eigenvalue weighted by molar-refractivity contribution is 7.71. The van der Waals surface area contributed by atoms with E-state index in [1.807, 2.05) is 0 Å². The van der Waals surface area contributed by atoms with Crippen molar-refractivity contribution in [3.63, 3.8) is 0 Å². The second-order valence-electron chi connectivity index (χ2n) is 8.37. The molecule has 0 radical (unpaired) electrons. The van der Waals surface area contributed by atoms with Crippen molar-refractivity contribution in [3.05, 3.63) is 39.4 Å². The van der Waals surface area contributed by atoms with Gasteiger partial charge in [-0.1, -0.05) is 0 Å². The predicted molar refractivity (Wildman–Crippen MR) is 133 cm³/mol. The van der Waals surface area contributed by atoms with Gasteiger partial charge in [0.2, 0.25) is 0 Å². The summed E-state index contributed by atoms with van der Waals surface area (Å²) >= 11 is 5.33. The maximum atomic E-state index is 12.8. The fourth-order valence-electron chi connectivity index (χ4n) is 3.92. The molecule has 0 aliphatic carbocycles. The average Bonchev–Trinajstić information content (AvgIpc) is 2.85. The Hall–Kier alpha value is -4.11. The highest BCUT2D eigenvalue weighted by Gasteiger charge is 2.53.